The highest BCUT2D eigenvalue weighted by Gasteiger charge is 2.39. The maximum absolute atomic E-state index is 12.0. The van der Waals surface area contributed by atoms with Gasteiger partial charge in [-0.25, -0.2) is 4.79 Å². The molecule has 0 aromatic rings. The molecule has 4 amide bonds. The molecule has 1 unspecified atom stereocenters. The second kappa shape index (κ2) is 5.24. The lowest BCUT2D eigenvalue weighted by Gasteiger charge is -2.24. The third kappa shape index (κ3) is 2.31. The molecular formula is C12H12N2O6. The van der Waals surface area contributed by atoms with Crippen LogP contribution < -0.4 is 0 Å². The summed E-state index contributed by atoms with van der Waals surface area (Å²) in [5.74, 6) is -3.47. The summed E-state index contributed by atoms with van der Waals surface area (Å²) in [6.07, 6.45) is 2.17. The monoisotopic (exact) mass is 280 g/mol. The van der Waals surface area contributed by atoms with E-state index >= 15 is 0 Å². The first-order valence-corrected chi connectivity index (χ1v) is 6.08. The predicted octanol–water partition coefficient (Wildman–Crippen LogP) is -0.703. The van der Waals surface area contributed by atoms with E-state index in [1.54, 1.807) is 6.92 Å². The highest BCUT2D eigenvalue weighted by Crippen LogP contribution is 2.17. The van der Waals surface area contributed by atoms with Crippen LogP contribution in [0.25, 0.3) is 0 Å². The van der Waals surface area contributed by atoms with Crippen LogP contribution in [0.4, 0.5) is 0 Å². The summed E-state index contributed by atoms with van der Waals surface area (Å²) in [6.45, 7) is 1.58. The van der Waals surface area contributed by atoms with Crippen LogP contribution in [0.2, 0.25) is 0 Å². The number of amides is 4. The topological polar surface area (TPSA) is 101 Å². The van der Waals surface area contributed by atoms with E-state index in [4.69, 9.17) is 4.84 Å². The zero-order chi connectivity index (χ0) is 14.9. The minimum Gasteiger partial charge on any atom is -0.328 e. The number of nitrogens with zero attached hydrogens (tertiary/aromatic N) is 2. The maximum Gasteiger partial charge on any atom is 0.355 e. The SMILES string of the molecule is CCC(C(=O)ON1C(=O)CCC1=O)N1C(=O)C=CC1=O. The van der Waals surface area contributed by atoms with Gasteiger partial charge in [-0.2, -0.15) is 0 Å². The number of imide groups is 2. The normalized spacial score (nSPS) is 20.1. The number of hydrogen-bond acceptors (Lipinski definition) is 6. The van der Waals surface area contributed by atoms with Gasteiger partial charge < -0.3 is 4.84 Å². The third-order valence-corrected chi connectivity index (χ3v) is 3.00. The van der Waals surface area contributed by atoms with E-state index in [-0.39, 0.29) is 19.3 Å². The number of carbonyl (C=O) groups is 5. The summed E-state index contributed by atoms with van der Waals surface area (Å²) in [6, 6.07) is -1.16. The lowest BCUT2D eigenvalue weighted by molar-refractivity contribution is -0.201. The Bertz CT molecular complexity index is 504. The Morgan fingerprint density at radius 1 is 1.15 bits per heavy atom. The Labute approximate surface area is 113 Å². The average molecular weight is 280 g/mol. The summed E-state index contributed by atoms with van der Waals surface area (Å²) in [5, 5.41) is 0.392. The van der Waals surface area contributed by atoms with Gasteiger partial charge in [-0.1, -0.05) is 6.92 Å². The van der Waals surface area contributed by atoms with Crippen molar-refractivity contribution in [2.45, 2.75) is 32.2 Å². The second-order valence-electron chi connectivity index (χ2n) is 4.30. The van der Waals surface area contributed by atoms with Crippen LogP contribution in [0.1, 0.15) is 26.2 Å². The molecule has 0 aromatic heterocycles. The van der Waals surface area contributed by atoms with Crippen LogP contribution in [0.5, 0.6) is 0 Å². The van der Waals surface area contributed by atoms with Crippen LogP contribution >= 0.6 is 0 Å². The molecule has 0 aromatic carbocycles. The molecule has 20 heavy (non-hydrogen) atoms. The minimum atomic E-state index is -1.16. The number of hydrogen-bond donors (Lipinski definition) is 0. The van der Waals surface area contributed by atoms with E-state index in [9.17, 15) is 24.0 Å². The molecule has 106 valence electrons. The van der Waals surface area contributed by atoms with E-state index in [1.165, 1.54) is 0 Å². The Hall–Kier alpha value is -2.51. The summed E-state index contributed by atoms with van der Waals surface area (Å²) >= 11 is 0. The first kappa shape index (κ1) is 13.9. The third-order valence-electron chi connectivity index (χ3n) is 3.00. The molecule has 0 spiro atoms. The summed E-state index contributed by atoms with van der Waals surface area (Å²) in [5.41, 5.74) is 0. The van der Waals surface area contributed by atoms with Gasteiger partial charge in [0.2, 0.25) is 0 Å². The van der Waals surface area contributed by atoms with Crippen molar-refractivity contribution in [2.24, 2.45) is 0 Å². The van der Waals surface area contributed by atoms with Gasteiger partial charge in [0.1, 0.15) is 6.04 Å². The zero-order valence-corrected chi connectivity index (χ0v) is 10.7. The number of hydroxylamine groups is 2. The van der Waals surface area contributed by atoms with Gasteiger partial charge in [0.05, 0.1) is 0 Å². The largest absolute Gasteiger partial charge is 0.355 e. The van der Waals surface area contributed by atoms with Crippen molar-refractivity contribution in [1.82, 2.24) is 9.96 Å². The molecule has 0 radical (unpaired) electrons. The van der Waals surface area contributed by atoms with Gasteiger partial charge in [-0.3, -0.25) is 24.1 Å². The maximum atomic E-state index is 12.0. The van der Waals surface area contributed by atoms with Crippen molar-refractivity contribution in [3.63, 3.8) is 0 Å². The standard InChI is InChI=1S/C12H12N2O6/c1-2-7(13-8(15)3-4-9(13)16)12(19)20-14-10(17)5-6-11(14)18/h3-4,7H,2,5-6H2,1H3. The van der Waals surface area contributed by atoms with Crippen molar-refractivity contribution < 1.29 is 28.8 Å². The number of rotatable bonds is 4. The lowest BCUT2D eigenvalue weighted by Crippen LogP contribution is -2.47. The number of carbonyl (C=O) groups excluding carboxylic acids is 5. The highest BCUT2D eigenvalue weighted by atomic mass is 16.7. The molecule has 0 saturated carbocycles. The molecule has 8 heteroatoms. The first-order valence-electron chi connectivity index (χ1n) is 6.08. The van der Waals surface area contributed by atoms with E-state index in [0.29, 0.717) is 5.06 Å². The molecule has 2 rings (SSSR count). The Morgan fingerprint density at radius 2 is 1.65 bits per heavy atom. The van der Waals surface area contributed by atoms with E-state index in [0.717, 1.165) is 17.1 Å². The fraction of sp³-hybridized carbons (Fsp3) is 0.417. The molecule has 2 heterocycles. The molecule has 0 aliphatic carbocycles. The molecule has 8 nitrogen and oxygen atoms in total. The first-order chi connectivity index (χ1) is 9.45. The smallest absolute Gasteiger partial charge is 0.328 e. The van der Waals surface area contributed by atoms with E-state index in [2.05, 4.69) is 0 Å². The zero-order valence-electron chi connectivity index (χ0n) is 10.7. The second-order valence-corrected chi connectivity index (χ2v) is 4.30. The van der Waals surface area contributed by atoms with Crippen molar-refractivity contribution in [3.05, 3.63) is 12.2 Å². The molecule has 0 N–H and O–H groups in total. The van der Waals surface area contributed by atoms with Crippen LogP contribution in [0, 0.1) is 0 Å². The summed E-state index contributed by atoms with van der Waals surface area (Å²) < 4.78 is 0. The van der Waals surface area contributed by atoms with Crippen LogP contribution in [0.3, 0.4) is 0 Å². The van der Waals surface area contributed by atoms with Crippen LogP contribution in [-0.4, -0.2) is 45.6 Å². The quantitative estimate of drug-likeness (QED) is 0.631. The Morgan fingerprint density at radius 3 is 2.10 bits per heavy atom. The van der Waals surface area contributed by atoms with Crippen molar-refractivity contribution in [3.8, 4) is 0 Å². The van der Waals surface area contributed by atoms with Gasteiger partial charge in [0, 0.05) is 25.0 Å². The van der Waals surface area contributed by atoms with E-state index < -0.39 is 35.6 Å². The minimum absolute atomic E-state index is 0.0218. The fourth-order valence-electron chi connectivity index (χ4n) is 1.98. The predicted molar refractivity (Wildman–Crippen MR) is 62.3 cm³/mol. The Kier molecular flexibility index (Phi) is 3.64. The van der Waals surface area contributed by atoms with Gasteiger partial charge >= 0.3 is 5.97 Å². The lowest BCUT2D eigenvalue weighted by atomic mass is 10.2. The van der Waals surface area contributed by atoms with Crippen molar-refractivity contribution in [1.29, 1.82) is 0 Å². The summed E-state index contributed by atoms with van der Waals surface area (Å²) in [7, 11) is 0. The molecule has 1 fully saturated rings. The molecule has 1 saturated heterocycles. The van der Waals surface area contributed by atoms with Crippen molar-refractivity contribution >= 4 is 29.6 Å². The van der Waals surface area contributed by atoms with Crippen LogP contribution in [-0.2, 0) is 28.8 Å². The van der Waals surface area contributed by atoms with Gasteiger partial charge in [-0.15, -0.1) is 5.06 Å². The summed E-state index contributed by atoms with van der Waals surface area (Å²) in [4.78, 5) is 63.2. The molecule has 2 aliphatic rings. The molecule has 0 bridgehead atoms. The highest BCUT2D eigenvalue weighted by molar-refractivity contribution is 6.15. The van der Waals surface area contributed by atoms with Crippen LogP contribution in [0.15, 0.2) is 12.2 Å². The Balaban J connectivity index is 2.10. The molecule has 2 aliphatic heterocycles. The van der Waals surface area contributed by atoms with Gasteiger partial charge in [0.25, 0.3) is 23.6 Å². The fourth-order valence-corrected chi connectivity index (χ4v) is 1.98. The average Bonchev–Trinajstić information content (AvgIpc) is 2.89. The van der Waals surface area contributed by atoms with E-state index in [1.807, 2.05) is 0 Å². The van der Waals surface area contributed by atoms with Crippen molar-refractivity contribution in [2.75, 3.05) is 0 Å². The molecular weight excluding hydrogens is 268 g/mol. The molecule has 1 atom stereocenters. The van der Waals surface area contributed by atoms with Gasteiger partial charge in [-0.05, 0) is 6.42 Å². The van der Waals surface area contributed by atoms with Gasteiger partial charge in [0.15, 0.2) is 0 Å².